The van der Waals surface area contributed by atoms with E-state index < -0.39 is 23.6 Å². The number of para-hydroxylation sites is 2. The van der Waals surface area contributed by atoms with Crippen LogP contribution in [0.15, 0.2) is 101 Å². The average Bonchev–Trinajstić information content (AvgIpc) is 2.92. The van der Waals surface area contributed by atoms with E-state index in [-0.39, 0.29) is 29.4 Å². The quantitative estimate of drug-likeness (QED) is 0.383. The molecule has 2 N–H and O–H groups in total. The number of hydrogen-bond donors (Lipinski definition) is 2. The van der Waals surface area contributed by atoms with Crippen molar-refractivity contribution in [2.45, 2.75) is 37.8 Å². The third-order valence-corrected chi connectivity index (χ3v) is 7.27. The molecule has 3 aromatic rings. The summed E-state index contributed by atoms with van der Waals surface area (Å²) in [6, 6.07) is 21.7. The monoisotopic (exact) mass is 532 g/mol. The largest absolute Gasteiger partial charge is 0.496 e. The Labute approximate surface area is 224 Å². The first-order valence-electron chi connectivity index (χ1n) is 12.6. The zero-order valence-electron chi connectivity index (χ0n) is 21.4. The average molecular weight is 533 g/mol. The van der Waals surface area contributed by atoms with Gasteiger partial charge in [-0.3, -0.25) is 9.59 Å². The zero-order chi connectivity index (χ0) is 27.7. The van der Waals surface area contributed by atoms with Crippen molar-refractivity contribution in [3.05, 3.63) is 118 Å². The van der Waals surface area contributed by atoms with Crippen LogP contribution in [0.5, 0.6) is 5.75 Å². The number of Topliss-reactive ketones (excluding diaryl/α,β-unsaturated/α-hetero) is 1. The van der Waals surface area contributed by atoms with Crippen LogP contribution in [0.3, 0.4) is 0 Å². The normalized spacial score (nSPS) is 19.4. The van der Waals surface area contributed by atoms with Gasteiger partial charge in [-0.15, -0.1) is 0 Å². The predicted octanol–water partition coefficient (Wildman–Crippen LogP) is 6.71. The van der Waals surface area contributed by atoms with Crippen molar-refractivity contribution in [3.8, 4) is 5.75 Å². The SMILES string of the molecule is COc1ccccc1[C@H]1C(C(=O)Nc2ccccc2C(F)(F)F)=C(C)NC2=C1C(=O)C[C@@H](c1ccccc1)C2. The number of nitrogens with one attached hydrogen (secondary N) is 2. The molecule has 0 aromatic heterocycles. The fourth-order valence-electron chi connectivity index (χ4n) is 5.55. The third-order valence-electron chi connectivity index (χ3n) is 7.27. The summed E-state index contributed by atoms with van der Waals surface area (Å²) < 4.78 is 46.6. The van der Waals surface area contributed by atoms with Gasteiger partial charge in [-0.2, -0.15) is 13.2 Å². The van der Waals surface area contributed by atoms with Crippen molar-refractivity contribution >= 4 is 17.4 Å². The maximum Gasteiger partial charge on any atom is 0.418 e. The summed E-state index contributed by atoms with van der Waals surface area (Å²) in [6.45, 7) is 1.70. The van der Waals surface area contributed by atoms with Crippen molar-refractivity contribution in [2.75, 3.05) is 12.4 Å². The Morgan fingerprint density at radius 2 is 1.62 bits per heavy atom. The topological polar surface area (TPSA) is 67.4 Å². The number of alkyl halides is 3. The van der Waals surface area contributed by atoms with E-state index in [1.807, 2.05) is 30.3 Å². The molecule has 2 aliphatic rings. The number of methoxy groups -OCH3 is 1. The Bertz CT molecular complexity index is 1490. The highest BCUT2D eigenvalue weighted by Crippen LogP contribution is 2.48. The lowest BCUT2D eigenvalue weighted by Gasteiger charge is -2.37. The van der Waals surface area contributed by atoms with Gasteiger partial charge in [0.1, 0.15) is 5.75 Å². The number of carbonyl (C=O) groups excluding carboxylic acids is 2. The predicted molar refractivity (Wildman–Crippen MR) is 142 cm³/mol. The van der Waals surface area contributed by atoms with Crippen LogP contribution in [0.4, 0.5) is 18.9 Å². The molecule has 39 heavy (non-hydrogen) atoms. The van der Waals surface area contributed by atoms with Gasteiger partial charge >= 0.3 is 6.18 Å². The van der Waals surface area contributed by atoms with Gasteiger partial charge in [-0.25, -0.2) is 0 Å². The summed E-state index contributed by atoms with van der Waals surface area (Å²) in [5, 5.41) is 5.73. The summed E-state index contributed by atoms with van der Waals surface area (Å²) in [5.41, 5.74) is 2.11. The van der Waals surface area contributed by atoms with Crippen molar-refractivity contribution in [2.24, 2.45) is 0 Å². The summed E-state index contributed by atoms with van der Waals surface area (Å²) in [4.78, 5) is 27.5. The van der Waals surface area contributed by atoms with Crippen LogP contribution in [0.1, 0.15) is 48.3 Å². The minimum absolute atomic E-state index is 0.0369. The van der Waals surface area contributed by atoms with Crippen LogP contribution >= 0.6 is 0 Å². The Balaban J connectivity index is 1.60. The maximum absolute atomic E-state index is 13.8. The number of amides is 1. The van der Waals surface area contributed by atoms with Gasteiger partial charge < -0.3 is 15.4 Å². The molecule has 1 aliphatic carbocycles. The maximum atomic E-state index is 13.8. The molecule has 2 atom stereocenters. The van der Waals surface area contributed by atoms with E-state index in [9.17, 15) is 22.8 Å². The number of anilines is 1. The van der Waals surface area contributed by atoms with Gasteiger partial charge in [-0.05, 0) is 43.0 Å². The number of rotatable bonds is 5. The molecule has 1 aliphatic heterocycles. The van der Waals surface area contributed by atoms with E-state index in [1.54, 1.807) is 31.2 Å². The van der Waals surface area contributed by atoms with E-state index in [2.05, 4.69) is 10.6 Å². The van der Waals surface area contributed by atoms with Gasteiger partial charge in [0.05, 0.1) is 24.3 Å². The van der Waals surface area contributed by atoms with Crippen molar-refractivity contribution < 1.29 is 27.5 Å². The lowest BCUT2D eigenvalue weighted by atomic mass is 9.71. The molecule has 0 radical (unpaired) electrons. The molecule has 0 fully saturated rings. The van der Waals surface area contributed by atoms with Crippen molar-refractivity contribution in [1.29, 1.82) is 0 Å². The van der Waals surface area contributed by atoms with Gasteiger partial charge in [0.15, 0.2) is 5.78 Å². The Morgan fingerprint density at radius 3 is 2.33 bits per heavy atom. The summed E-state index contributed by atoms with van der Waals surface area (Å²) in [7, 11) is 1.50. The Kier molecular flexibility index (Phi) is 7.04. The van der Waals surface area contributed by atoms with Crippen LogP contribution in [0.2, 0.25) is 0 Å². The number of halogens is 3. The first-order chi connectivity index (χ1) is 18.7. The van der Waals surface area contributed by atoms with Crippen LogP contribution < -0.4 is 15.4 Å². The fraction of sp³-hybridized carbons (Fsp3) is 0.226. The zero-order valence-corrected chi connectivity index (χ0v) is 21.4. The molecule has 3 aromatic carbocycles. The van der Waals surface area contributed by atoms with Crippen molar-refractivity contribution in [1.82, 2.24) is 5.32 Å². The first-order valence-corrected chi connectivity index (χ1v) is 12.6. The van der Waals surface area contributed by atoms with Gasteiger partial charge in [-0.1, -0.05) is 60.7 Å². The van der Waals surface area contributed by atoms with Crippen LogP contribution in [0, 0.1) is 0 Å². The number of carbonyl (C=O) groups is 2. The molecule has 5 nitrogen and oxygen atoms in total. The minimum atomic E-state index is -4.65. The van der Waals surface area contributed by atoms with E-state index in [0.717, 1.165) is 11.6 Å². The molecule has 1 amide bonds. The van der Waals surface area contributed by atoms with Crippen molar-refractivity contribution in [3.63, 3.8) is 0 Å². The van der Waals surface area contributed by atoms with E-state index in [4.69, 9.17) is 4.74 Å². The highest BCUT2D eigenvalue weighted by atomic mass is 19.4. The van der Waals surface area contributed by atoms with Crippen LogP contribution in [0.25, 0.3) is 0 Å². The molecule has 8 heteroatoms. The number of ether oxygens (including phenoxy) is 1. The van der Waals surface area contributed by atoms with Gasteiger partial charge in [0.25, 0.3) is 5.91 Å². The second-order valence-corrected chi connectivity index (χ2v) is 9.67. The third kappa shape index (κ3) is 5.06. The van der Waals surface area contributed by atoms with Crippen LogP contribution in [-0.4, -0.2) is 18.8 Å². The number of benzene rings is 3. The molecule has 1 heterocycles. The first kappa shape index (κ1) is 26.3. The highest BCUT2D eigenvalue weighted by Gasteiger charge is 2.42. The molecule has 5 rings (SSSR count). The summed E-state index contributed by atoms with van der Waals surface area (Å²) in [6.07, 6.45) is -3.84. The van der Waals surface area contributed by atoms with E-state index in [0.29, 0.717) is 34.7 Å². The fourth-order valence-corrected chi connectivity index (χ4v) is 5.55. The van der Waals surface area contributed by atoms with E-state index in [1.165, 1.54) is 25.3 Å². The Morgan fingerprint density at radius 1 is 0.949 bits per heavy atom. The number of allylic oxidation sites excluding steroid dienone is 3. The Hall–Kier alpha value is -4.33. The molecule has 0 saturated carbocycles. The van der Waals surface area contributed by atoms with E-state index >= 15 is 0 Å². The molecular weight excluding hydrogens is 505 g/mol. The van der Waals surface area contributed by atoms with Gasteiger partial charge in [0, 0.05) is 34.5 Å². The minimum Gasteiger partial charge on any atom is -0.496 e. The number of hydrogen-bond acceptors (Lipinski definition) is 4. The molecule has 0 bridgehead atoms. The molecule has 0 spiro atoms. The second-order valence-electron chi connectivity index (χ2n) is 9.67. The number of ketones is 1. The standard InChI is InChI=1S/C31H27F3N2O3/c1-18-27(30(38)36-23-14-8-7-13-22(23)31(32,33)34)28(21-12-6-9-15-26(21)39-2)29-24(35-18)16-20(17-25(29)37)19-10-4-3-5-11-19/h3-15,20,28,35H,16-17H2,1-2H3,(H,36,38)/t20-,28-/m0/s1. The lowest BCUT2D eigenvalue weighted by Crippen LogP contribution is -2.37. The molecular formula is C31H27F3N2O3. The molecule has 200 valence electrons. The molecule has 0 saturated heterocycles. The molecule has 0 unspecified atom stereocenters. The summed E-state index contributed by atoms with van der Waals surface area (Å²) >= 11 is 0. The lowest BCUT2D eigenvalue weighted by molar-refractivity contribution is -0.137. The second kappa shape index (κ2) is 10.4. The highest BCUT2D eigenvalue weighted by molar-refractivity contribution is 6.10. The smallest absolute Gasteiger partial charge is 0.418 e. The van der Waals surface area contributed by atoms with Crippen LogP contribution in [-0.2, 0) is 15.8 Å². The number of dihydropyridines is 1. The summed E-state index contributed by atoms with van der Waals surface area (Å²) in [5.74, 6) is -1.23. The van der Waals surface area contributed by atoms with Gasteiger partial charge in [0.2, 0.25) is 0 Å².